The molecular weight excluding hydrogens is 465 g/mol. The number of aromatic nitrogens is 1. The predicted octanol–water partition coefficient (Wildman–Crippen LogP) is 4.36. The van der Waals surface area contributed by atoms with Crippen LogP contribution in [-0.4, -0.2) is 34.9 Å². The van der Waals surface area contributed by atoms with E-state index in [0.29, 0.717) is 5.69 Å². The molecule has 3 rings (SSSR count). The quantitative estimate of drug-likeness (QED) is 0.526. The molecule has 1 heterocycles. The van der Waals surface area contributed by atoms with Gasteiger partial charge in [-0.1, -0.05) is 31.2 Å². The van der Waals surface area contributed by atoms with Crippen molar-refractivity contribution in [3.63, 3.8) is 0 Å². The van der Waals surface area contributed by atoms with Crippen molar-refractivity contribution >= 4 is 40.1 Å². The fourth-order valence-corrected chi connectivity index (χ4v) is 3.56. The van der Waals surface area contributed by atoms with Gasteiger partial charge in [-0.15, -0.1) is 0 Å². The van der Waals surface area contributed by atoms with Crippen LogP contribution in [0.5, 0.6) is 0 Å². The number of anilines is 1. The van der Waals surface area contributed by atoms with Crippen molar-refractivity contribution in [2.24, 2.45) is 0 Å². The Morgan fingerprint density at radius 3 is 2.61 bits per heavy atom. The molecule has 0 spiro atoms. The maximum Gasteiger partial charge on any atom is 0.271 e. The summed E-state index contributed by atoms with van der Waals surface area (Å²) in [6.07, 6.45) is 2.68. The third kappa shape index (κ3) is 4.62. The van der Waals surface area contributed by atoms with Gasteiger partial charge in [-0.3, -0.25) is 9.59 Å². The van der Waals surface area contributed by atoms with Gasteiger partial charge >= 0.3 is 0 Å². The van der Waals surface area contributed by atoms with Gasteiger partial charge < -0.3 is 14.8 Å². The molecule has 0 radical (unpaired) electrons. The average Bonchev–Trinajstić information content (AvgIpc) is 3.17. The topological polar surface area (TPSA) is 54.3 Å². The Hall–Kier alpha value is -2.61. The lowest BCUT2D eigenvalue weighted by molar-refractivity contribution is -0.116. The lowest BCUT2D eigenvalue weighted by Crippen LogP contribution is -2.35. The largest absolute Gasteiger partial charge is 0.331 e. The first kappa shape index (κ1) is 20.1. The van der Waals surface area contributed by atoms with Gasteiger partial charge in [-0.2, -0.15) is 0 Å². The van der Waals surface area contributed by atoms with Gasteiger partial charge in [-0.25, -0.2) is 0 Å². The summed E-state index contributed by atoms with van der Waals surface area (Å²) < 4.78 is 2.93. The van der Waals surface area contributed by atoms with Crippen molar-refractivity contribution in [1.82, 2.24) is 9.47 Å². The molecule has 1 aromatic heterocycles. The summed E-state index contributed by atoms with van der Waals surface area (Å²) in [5.74, 6) is -0.424. The maximum atomic E-state index is 12.9. The molecule has 0 bridgehead atoms. The van der Waals surface area contributed by atoms with E-state index in [2.05, 4.69) is 27.9 Å². The highest BCUT2D eigenvalue weighted by atomic mass is 127. The first-order valence-electron chi connectivity index (χ1n) is 9.06. The molecule has 0 aliphatic heterocycles. The SMILES string of the molecule is CCc1ccccc1NC(=O)CN(C)C(=O)c1cccn1-c1cccc(I)c1. The Bertz CT molecular complexity index is 997. The number of hydrogen-bond acceptors (Lipinski definition) is 2. The molecule has 2 aromatic carbocycles. The molecule has 2 amide bonds. The number of amides is 2. The minimum Gasteiger partial charge on any atom is -0.331 e. The lowest BCUT2D eigenvalue weighted by atomic mass is 10.1. The van der Waals surface area contributed by atoms with E-state index < -0.39 is 0 Å². The highest BCUT2D eigenvalue weighted by Gasteiger charge is 2.19. The van der Waals surface area contributed by atoms with Crippen LogP contribution in [-0.2, 0) is 11.2 Å². The smallest absolute Gasteiger partial charge is 0.271 e. The number of nitrogens with zero attached hydrogens (tertiary/aromatic N) is 2. The minimum atomic E-state index is -0.218. The van der Waals surface area contributed by atoms with Gasteiger partial charge in [-0.05, 0) is 71.0 Å². The second kappa shape index (κ2) is 9.05. The summed E-state index contributed by atoms with van der Waals surface area (Å²) in [5.41, 5.74) is 3.29. The van der Waals surface area contributed by atoms with E-state index in [-0.39, 0.29) is 18.4 Å². The Balaban J connectivity index is 1.72. The third-order valence-corrected chi connectivity index (χ3v) is 5.13. The van der Waals surface area contributed by atoms with E-state index in [1.165, 1.54) is 4.90 Å². The van der Waals surface area contributed by atoms with E-state index in [9.17, 15) is 9.59 Å². The molecule has 6 heteroatoms. The number of para-hydroxylation sites is 1. The highest BCUT2D eigenvalue weighted by molar-refractivity contribution is 14.1. The fourth-order valence-electron chi connectivity index (χ4n) is 3.03. The zero-order chi connectivity index (χ0) is 20.1. The highest BCUT2D eigenvalue weighted by Crippen LogP contribution is 2.18. The van der Waals surface area contributed by atoms with Gasteiger partial charge in [0.2, 0.25) is 5.91 Å². The zero-order valence-electron chi connectivity index (χ0n) is 15.9. The molecule has 0 aliphatic rings. The van der Waals surface area contributed by atoms with Gasteiger partial charge in [0.15, 0.2) is 0 Å². The van der Waals surface area contributed by atoms with Crippen LogP contribution in [0, 0.1) is 3.57 Å². The molecule has 144 valence electrons. The van der Waals surface area contributed by atoms with Crippen LogP contribution in [0.15, 0.2) is 66.9 Å². The van der Waals surface area contributed by atoms with Crippen LogP contribution < -0.4 is 5.32 Å². The van der Waals surface area contributed by atoms with Gasteiger partial charge in [0.25, 0.3) is 5.91 Å². The van der Waals surface area contributed by atoms with Crippen LogP contribution in [0.4, 0.5) is 5.69 Å². The third-order valence-electron chi connectivity index (χ3n) is 4.45. The van der Waals surface area contributed by atoms with Crippen LogP contribution in [0.2, 0.25) is 0 Å². The number of carbonyl (C=O) groups excluding carboxylic acids is 2. The van der Waals surface area contributed by atoms with Crippen LogP contribution in [0.3, 0.4) is 0 Å². The summed E-state index contributed by atoms with van der Waals surface area (Å²) in [4.78, 5) is 26.8. The summed E-state index contributed by atoms with van der Waals surface area (Å²) in [6.45, 7) is 2.02. The van der Waals surface area contributed by atoms with Crippen molar-refractivity contribution in [3.8, 4) is 5.69 Å². The number of halogens is 1. The van der Waals surface area contributed by atoms with Crippen LogP contribution in [0.25, 0.3) is 5.69 Å². The zero-order valence-corrected chi connectivity index (χ0v) is 18.0. The standard InChI is InChI=1S/C22H22IN3O2/c1-3-16-8-4-5-11-19(16)24-21(27)15-25(2)22(28)20-12-7-13-26(20)18-10-6-9-17(23)14-18/h4-14H,3,15H2,1-2H3,(H,24,27). The summed E-state index contributed by atoms with van der Waals surface area (Å²) >= 11 is 2.24. The summed E-state index contributed by atoms with van der Waals surface area (Å²) in [5, 5.41) is 2.91. The first-order chi connectivity index (χ1) is 13.5. The Labute approximate surface area is 178 Å². The van der Waals surface area contributed by atoms with E-state index in [1.807, 2.05) is 72.3 Å². The summed E-state index contributed by atoms with van der Waals surface area (Å²) in [6, 6.07) is 19.2. The van der Waals surface area contributed by atoms with E-state index in [0.717, 1.165) is 26.9 Å². The number of rotatable bonds is 6. The minimum absolute atomic E-state index is 0.0195. The normalized spacial score (nSPS) is 10.5. The number of nitrogens with one attached hydrogen (secondary N) is 1. The molecule has 0 aliphatic carbocycles. The van der Waals surface area contributed by atoms with Crippen LogP contribution in [0.1, 0.15) is 23.0 Å². The van der Waals surface area contributed by atoms with Gasteiger partial charge in [0.05, 0.1) is 6.54 Å². The number of aryl methyl sites for hydroxylation is 1. The van der Waals surface area contributed by atoms with E-state index in [1.54, 1.807) is 13.1 Å². The van der Waals surface area contributed by atoms with E-state index >= 15 is 0 Å². The molecule has 3 aromatic rings. The fraction of sp³-hybridized carbons (Fsp3) is 0.182. The Morgan fingerprint density at radius 1 is 1.07 bits per heavy atom. The lowest BCUT2D eigenvalue weighted by Gasteiger charge is -2.19. The number of likely N-dealkylation sites (N-methyl/N-ethyl adjacent to an activating group) is 1. The molecule has 5 nitrogen and oxygen atoms in total. The monoisotopic (exact) mass is 487 g/mol. The van der Waals surface area contributed by atoms with Crippen LogP contribution >= 0.6 is 22.6 Å². The van der Waals surface area contributed by atoms with Gasteiger partial charge in [0, 0.05) is 28.2 Å². The molecule has 0 fully saturated rings. The first-order valence-corrected chi connectivity index (χ1v) is 10.1. The number of carbonyl (C=O) groups is 2. The predicted molar refractivity (Wildman–Crippen MR) is 120 cm³/mol. The molecule has 0 saturated carbocycles. The molecule has 28 heavy (non-hydrogen) atoms. The molecule has 0 unspecified atom stereocenters. The van der Waals surface area contributed by atoms with Crippen molar-refractivity contribution in [1.29, 1.82) is 0 Å². The second-order valence-corrected chi connectivity index (χ2v) is 7.71. The summed E-state index contributed by atoms with van der Waals surface area (Å²) in [7, 11) is 1.64. The molecule has 0 atom stereocenters. The van der Waals surface area contributed by atoms with Crippen molar-refractivity contribution in [2.75, 3.05) is 18.9 Å². The average molecular weight is 487 g/mol. The molecule has 0 saturated heterocycles. The Kier molecular flexibility index (Phi) is 6.51. The maximum absolute atomic E-state index is 12.9. The molecule has 1 N–H and O–H groups in total. The van der Waals surface area contributed by atoms with Crippen molar-refractivity contribution in [2.45, 2.75) is 13.3 Å². The molecular formula is C22H22IN3O2. The Morgan fingerprint density at radius 2 is 1.86 bits per heavy atom. The second-order valence-electron chi connectivity index (χ2n) is 6.46. The van der Waals surface area contributed by atoms with Gasteiger partial charge in [0.1, 0.15) is 5.69 Å². The van der Waals surface area contributed by atoms with Crippen molar-refractivity contribution in [3.05, 3.63) is 81.7 Å². The number of hydrogen-bond donors (Lipinski definition) is 1. The van der Waals surface area contributed by atoms with Crippen molar-refractivity contribution < 1.29 is 9.59 Å². The van der Waals surface area contributed by atoms with E-state index in [4.69, 9.17) is 0 Å². The number of benzene rings is 2.